The Labute approximate surface area is 120 Å². The predicted octanol–water partition coefficient (Wildman–Crippen LogP) is 0.427. The number of nitrogens with zero attached hydrogens (tertiary/aromatic N) is 2. The molecule has 0 atom stereocenters. The predicted molar refractivity (Wildman–Crippen MR) is 73.2 cm³/mol. The summed E-state index contributed by atoms with van der Waals surface area (Å²) in [6, 6.07) is 3.60. The van der Waals surface area contributed by atoms with Gasteiger partial charge in [0.05, 0.1) is 17.6 Å². The molecule has 0 saturated carbocycles. The van der Waals surface area contributed by atoms with Gasteiger partial charge in [-0.25, -0.2) is 4.79 Å². The van der Waals surface area contributed by atoms with E-state index in [0.29, 0.717) is 26.2 Å². The van der Waals surface area contributed by atoms with Gasteiger partial charge in [-0.15, -0.1) is 0 Å². The maximum absolute atomic E-state index is 12.4. The molecule has 1 N–H and O–H groups in total. The molecule has 1 saturated heterocycles. The Morgan fingerprint density at radius 3 is 2.43 bits per heavy atom. The molecule has 1 amide bonds. The molecule has 112 valence electrons. The summed E-state index contributed by atoms with van der Waals surface area (Å²) in [6.45, 7) is 2.39. The Hall–Kier alpha value is -2.48. The number of benzene rings is 1. The Kier molecular flexibility index (Phi) is 4.49. The summed E-state index contributed by atoms with van der Waals surface area (Å²) in [5.41, 5.74) is -0.201. The van der Waals surface area contributed by atoms with Crippen LogP contribution in [-0.2, 0) is 4.74 Å². The van der Waals surface area contributed by atoms with Gasteiger partial charge >= 0.3 is 5.97 Å². The molecule has 1 aliphatic heterocycles. The maximum atomic E-state index is 12.4. The van der Waals surface area contributed by atoms with E-state index in [4.69, 9.17) is 0 Å². The minimum absolute atomic E-state index is 0.00909. The normalized spacial score (nSPS) is 14.6. The lowest BCUT2D eigenvalue weighted by Gasteiger charge is -2.27. The van der Waals surface area contributed by atoms with Crippen molar-refractivity contribution in [1.82, 2.24) is 10.2 Å². The first-order chi connectivity index (χ1) is 10.0. The Morgan fingerprint density at radius 1 is 1.24 bits per heavy atom. The number of carbonyl (C=O) groups is 2. The van der Waals surface area contributed by atoms with Crippen molar-refractivity contribution < 1.29 is 19.2 Å². The highest BCUT2D eigenvalue weighted by Crippen LogP contribution is 2.19. The van der Waals surface area contributed by atoms with Crippen molar-refractivity contribution in [2.45, 2.75) is 0 Å². The van der Waals surface area contributed by atoms with Crippen LogP contribution in [0.3, 0.4) is 0 Å². The van der Waals surface area contributed by atoms with Gasteiger partial charge in [0.1, 0.15) is 0 Å². The number of hydrogen-bond acceptors (Lipinski definition) is 6. The van der Waals surface area contributed by atoms with Crippen molar-refractivity contribution in [3.8, 4) is 0 Å². The van der Waals surface area contributed by atoms with E-state index in [9.17, 15) is 19.7 Å². The van der Waals surface area contributed by atoms with Crippen LogP contribution < -0.4 is 5.32 Å². The SMILES string of the molecule is COC(=O)c1cc(C(=O)N2CCNCC2)cc([N+](=O)[O-])c1. The van der Waals surface area contributed by atoms with Gasteiger partial charge in [-0.2, -0.15) is 0 Å². The van der Waals surface area contributed by atoms with Gasteiger partial charge in [-0.1, -0.05) is 0 Å². The molecule has 0 aromatic heterocycles. The molecule has 0 spiro atoms. The number of rotatable bonds is 3. The van der Waals surface area contributed by atoms with Crippen LogP contribution in [0, 0.1) is 10.1 Å². The van der Waals surface area contributed by atoms with Gasteiger partial charge in [-0.3, -0.25) is 14.9 Å². The highest BCUT2D eigenvalue weighted by Gasteiger charge is 2.22. The van der Waals surface area contributed by atoms with Crippen LogP contribution in [0.5, 0.6) is 0 Å². The standard InChI is InChI=1S/C13H15N3O5/c1-21-13(18)10-6-9(7-11(8-10)16(19)20)12(17)15-4-2-14-3-5-15/h6-8,14H,2-5H2,1H3. The van der Waals surface area contributed by atoms with E-state index in [-0.39, 0.29) is 22.7 Å². The Balaban J connectivity index is 2.37. The van der Waals surface area contributed by atoms with Crippen LogP contribution in [-0.4, -0.2) is 55.0 Å². The van der Waals surface area contributed by atoms with E-state index in [1.165, 1.54) is 19.2 Å². The van der Waals surface area contributed by atoms with Gasteiger partial charge in [0, 0.05) is 43.9 Å². The first-order valence-corrected chi connectivity index (χ1v) is 6.40. The van der Waals surface area contributed by atoms with Gasteiger partial charge in [0.25, 0.3) is 11.6 Å². The number of piperazine rings is 1. The third-order valence-electron chi connectivity index (χ3n) is 3.20. The largest absolute Gasteiger partial charge is 0.465 e. The third kappa shape index (κ3) is 3.34. The molecule has 1 heterocycles. The lowest BCUT2D eigenvalue weighted by atomic mass is 10.1. The summed E-state index contributed by atoms with van der Waals surface area (Å²) in [4.78, 5) is 35.8. The van der Waals surface area contributed by atoms with Crippen LogP contribution in [0.4, 0.5) is 5.69 Å². The first kappa shape index (κ1) is 14.9. The Bertz CT molecular complexity index is 581. The summed E-state index contributed by atoms with van der Waals surface area (Å²) < 4.78 is 4.55. The van der Waals surface area contributed by atoms with Gasteiger partial charge < -0.3 is 15.0 Å². The molecule has 8 nitrogen and oxygen atoms in total. The van der Waals surface area contributed by atoms with Crippen LogP contribution in [0.15, 0.2) is 18.2 Å². The van der Waals surface area contributed by atoms with E-state index < -0.39 is 10.9 Å². The molecule has 2 rings (SSSR count). The lowest BCUT2D eigenvalue weighted by Crippen LogP contribution is -2.46. The molecule has 1 aromatic carbocycles. The number of amides is 1. The van der Waals surface area contributed by atoms with Crippen molar-refractivity contribution in [2.24, 2.45) is 0 Å². The molecule has 21 heavy (non-hydrogen) atoms. The minimum atomic E-state index is -0.715. The fourth-order valence-electron chi connectivity index (χ4n) is 2.13. The zero-order valence-corrected chi connectivity index (χ0v) is 11.5. The summed E-state index contributed by atoms with van der Waals surface area (Å²) in [5, 5.41) is 14.0. The molecule has 1 aromatic rings. The quantitative estimate of drug-likeness (QED) is 0.492. The van der Waals surface area contributed by atoms with Crippen molar-refractivity contribution in [2.75, 3.05) is 33.3 Å². The van der Waals surface area contributed by atoms with E-state index in [0.717, 1.165) is 6.07 Å². The zero-order valence-electron chi connectivity index (χ0n) is 11.5. The molecule has 0 unspecified atom stereocenters. The van der Waals surface area contributed by atoms with Crippen molar-refractivity contribution >= 4 is 17.6 Å². The highest BCUT2D eigenvalue weighted by molar-refractivity contribution is 5.99. The van der Waals surface area contributed by atoms with Gasteiger partial charge in [0.2, 0.25) is 0 Å². The van der Waals surface area contributed by atoms with Crippen molar-refractivity contribution in [3.05, 3.63) is 39.4 Å². The van der Waals surface area contributed by atoms with E-state index in [1.54, 1.807) is 4.90 Å². The molecule has 0 aliphatic carbocycles. The second-order valence-corrected chi connectivity index (χ2v) is 4.56. The molecular weight excluding hydrogens is 278 g/mol. The van der Waals surface area contributed by atoms with E-state index in [2.05, 4.69) is 10.1 Å². The van der Waals surface area contributed by atoms with Crippen LogP contribution in [0.2, 0.25) is 0 Å². The molecule has 1 aliphatic rings. The van der Waals surface area contributed by atoms with Crippen molar-refractivity contribution in [1.29, 1.82) is 0 Å². The lowest BCUT2D eigenvalue weighted by molar-refractivity contribution is -0.384. The van der Waals surface area contributed by atoms with Crippen molar-refractivity contribution in [3.63, 3.8) is 0 Å². The third-order valence-corrected chi connectivity index (χ3v) is 3.20. The molecule has 8 heteroatoms. The molecule has 0 radical (unpaired) electrons. The minimum Gasteiger partial charge on any atom is -0.465 e. The molecule has 1 fully saturated rings. The van der Waals surface area contributed by atoms with Crippen LogP contribution >= 0.6 is 0 Å². The van der Waals surface area contributed by atoms with Gasteiger partial charge in [0.15, 0.2) is 0 Å². The monoisotopic (exact) mass is 293 g/mol. The number of nitro groups is 1. The van der Waals surface area contributed by atoms with Gasteiger partial charge in [-0.05, 0) is 6.07 Å². The highest BCUT2D eigenvalue weighted by atomic mass is 16.6. The summed E-state index contributed by atoms with van der Waals surface area (Å²) >= 11 is 0. The maximum Gasteiger partial charge on any atom is 0.338 e. The number of carbonyl (C=O) groups excluding carboxylic acids is 2. The average molecular weight is 293 g/mol. The number of hydrogen-bond donors (Lipinski definition) is 1. The Morgan fingerprint density at radius 2 is 1.86 bits per heavy atom. The zero-order chi connectivity index (χ0) is 15.4. The number of methoxy groups -OCH3 is 1. The topological polar surface area (TPSA) is 102 Å². The summed E-state index contributed by atoms with van der Waals surface area (Å²) in [5.74, 6) is -1.04. The summed E-state index contributed by atoms with van der Waals surface area (Å²) in [7, 11) is 1.18. The number of ether oxygens (including phenoxy) is 1. The average Bonchev–Trinajstić information content (AvgIpc) is 2.53. The number of nitro benzene ring substituents is 1. The second kappa shape index (κ2) is 6.31. The number of nitrogens with one attached hydrogen (secondary N) is 1. The smallest absolute Gasteiger partial charge is 0.338 e. The van der Waals surface area contributed by atoms with E-state index in [1.807, 2.05) is 0 Å². The van der Waals surface area contributed by atoms with Crippen LogP contribution in [0.1, 0.15) is 20.7 Å². The fourth-order valence-corrected chi connectivity index (χ4v) is 2.13. The molecule has 0 bridgehead atoms. The number of non-ortho nitro benzene ring substituents is 1. The summed E-state index contributed by atoms with van der Waals surface area (Å²) in [6.07, 6.45) is 0. The van der Waals surface area contributed by atoms with E-state index >= 15 is 0 Å². The molecular formula is C13H15N3O5. The van der Waals surface area contributed by atoms with Crippen LogP contribution in [0.25, 0.3) is 0 Å². The first-order valence-electron chi connectivity index (χ1n) is 6.40. The number of esters is 1. The fraction of sp³-hybridized carbons (Fsp3) is 0.385. The second-order valence-electron chi connectivity index (χ2n) is 4.56.